The van der Waals surface area contributed by atoms with E-state index in [1.807, 2.05) is 32.7 Å². The Morgan fingerprint density at radius 2 is 1.83 bits per heavy atom. The average Bonchev–Trinajstić information content (AvgIpc) is 2.68. The molecule has 0 aromatic heterocycles. The van der Waals surface area contributed by atoms with Crippen LogP contribution in [-0.4, -0.2) is 79.8 Å². The van der Waals surface area contributed by atoms with Gasteiger partial charge in [-0.2, -0.15) is 0 Å². The van der Waals surface area contributed by atoms with Crippen LogP contribution >= 0.6 is 0 Å². The summed E-state index contributed by atoms with van der Waals surface area (Å²) in [4.78, 5) is 21.0. The third-order valence-corrected chi connectivity index (χ3v) is 5.90. The summed E-state index contributed by atoms with van der Waals surface area (Å²) in [7, 11) is 1.83. The second-order valence-electron chi connectivity index (χ2n) is 9.52. The molecular formula is C22H43N5O2. The Labute approximate surface area is 177 Å². The van der Waals surface area contributed by atoms with Gasteiger partial charge in [-0.15, -0.1) is 0 Å². The Hall–Kier alpha value is -1.50. The number of hydrogen-bond acceptors (Lipinski definition) is 4. The molecule has 2 N–H and O–H groups in total. The number of rotatable bonds is 6. The van der Waals surface area contributed by atoms with E-state index in [4.69, 9.17) is 4.74 Å². The number of piperidine rings is 2. The van der Waals surface area contributed by atoms with Crippen LogP contribution in [0.1, 0.15) is 66.2 Å². The van der Waals surface area contributed by atoms with E-state index < -0.39 is 5.60 Å². The fourth-order valence-electron chi connectivity index (χ4n) is 4.09. The molecule has 29 heavy (non-hydrogen) atoms. The molecule has 0 aromatic carbocycles. The number of carbonyl (C=O) groups is 1. The largest absolute Gasteiger partial charge is 0.444 e. The third kappa shape index (κ3) is 8.81. The van der Waals surface area contributed by atoms with Crippen molar-refractivity contribution < 1.29 is 9.53 Å². The van der Waals surface area contributed by atoms with Gasteiger partial charge in [-0.3, -0.25) is 4.99 Å². The summed E-state index contributed by atoms with van der Waals surface area (Å²) in [5.74, 6) is 1.44. The summed E-state index contributed by atoms with van der Waals surface area (Å²) in [6, 6.07) is 0.729. The minimum atomic E-state index is -0.431. The second kappa shape index (κ2) is 11.6. The monoisotopic (exact) mass is 409 g/mol. The molecule has 0 saturated carbocycles. The Morgan fingerprint density at radius 3 is 2.45 bits per heavy atom. The van der Waals surface area contributed by atoms with E-state index in [9.17, 15) is 4.79 Å². The number of carbonyl (C=O) groups excluding carboxylic acids is 1. The van der Waals surface area contributed by atoms with Crippen LogP contribution in [0.2, 0.25) is 0 Å². The standard InChI is InChI=1S/C22H43N5O2/c1-18-9-6-7-13-26(18)14-8-12-24-20(23-5)25-17-19-10-15-27(16-11-19)21(28)29-22(2,3)4/h18-19H,6-17H2,1-5H3,(H2,23,24,25). The summed E-state index contributed by atoms with van der Waals surface area (Å²) >= 11 is 0. The summed E-state index contributed by atoms with van der Waals surface area (Å²) < 4.78 is 5.47. The summed E-state index contributed by atoms with van der Waals surface area (Å²) in [5.41, 5.74) is -0.431. The Kier molecular flexibility index (Phi) is 9.53. The quantitative estimate of drug-likeness (QED) is 0.401. The third-order valence-electron chi connectivity index (χ3n) is 5.90. The molecule has 7 nitrogen and oxygen atoms in total. The first-order valence-electron chi connectivity index (χ1n) is 11.4. The summed E-state index contributed by atoms with van der Waals surface area (Å²) in [6.45, 7) is 13.9. The first-order chi connectivity index (χ1) is 13.8. The van der Waals surface area contributed by atoms with Gasteiger partial charge in [-0.25, -0.2) is 4.79 Å². The van der Waals surface area contributed by atoms with Crippen LogP contribution in [0.3, 0.4) is 0 Å². The molecule has 2 fully saturated rings. The van der Waals surface area contributed by atoms with Crippen LogP contribution in [0.5, 0.6) is 0 Å². The van der Waals surface area contributed by atoms with Gasteiger partial charge < -0.3 is 25.2 Å². The Bertz CT molecular complexity index is 524. The van der Waals surface area contributed by atoms with Crippen LogP contribution in [-0.2, 0) is 4.74 Å². The highest BCUT2D eigenvalue weighted by molar-refractivity contribution is 5.79. The summed E-state index contributed by atoms with van der Waals surface area (Å²) in [5, 5.41) is 6.90. The number of ether oxygens (including phenoxy) is 1. The predicted molar refractivity (Wildman–Crippen MR) is 119 cm³/mol. The van der Waals surface area contributed by atoms with Crippen LogP contribution in [0.25, 0.3) is 0 Å². The van der Waals surface area contributed by atoms with E-state index in [-0.39, 0.29) is 6.09 Å². The number of aliphatic imine (C=N–C) groups is 1. The first kappa shape index (κ1) is 23.8. The zero-order chi connectivity index (χ0) is 21.3. The minimum absolute atomic E-state index is 0.190. The number of hydrogen-bond donors (Lipinski definition) is 2. The van der Waals surface area contributed by atoms with Gasteiger partial charge in [-0.05, 0) is 72.3 Å². The van der Waals surface area contributed by atoms with Gasteiger partial charge in [0.05, 0.1) is 0 Å². The van der Waals surface area contributed by atoms with Crippen LogP contribution in [0.4, 0.5) is 4.79 Å². The van der Waals surface area contributed by atoms with Crippen LogP contribution in [0, 0.1) is 5.92 Å². The predicted octanol–water partition coefficient (Wildman–Crippen LogP) is 3.06. The van der Waals surface area contributed by atoms with Crippen molar-refractivity contribution in [2.24, 2.45) is 10.9 Å². The number of likely N-dealkylation sites (tertiary alicyclic amines) is 2. The molecule has 0 spiro atoms. The van der Waals surface area contributed by atoms with Gasteiger partial charge in [0, 0.05) is 45.8 Å². The van der Waals surface area contributed by atoms with Crippen molar-refractivity contribution in [3.63, 3.8) is 0 Å². The highest BCUT2D eigenvalue weighted by Crippen LogP contribution is 2.19. The maximum absolute atomic E-state index is 12.2. The smallest absolute Gasteiger partial charge is 0.410 e. The zero-order valence-corrected chi connectivity index (χ0v) is 19.3. The van der Waals surface area contributed by atoms with Crippen molar-refractivity contribution in [1.82, 2.24) is 20.4 Å². The highest BCUT2D eigenvalue weighted by Gasteiger charge is 2.26. The first-order valence-corrected chi connectivity index (χ1v) is 11.4. The second-order valence-corrected chi connectivity index (χ2v) is 9.52. The number of nitrogens with one attached hydrogen (secondary N) is 2. The van der Waals surface area contributed by atoms with Crippen molar-refractivity contribution in [2.45, 2.75) is 77.9 Å². The molecule has 0 radical (unpaired) electrons. The SMILES string of the molecule is CN=C(NCCCN1CCCCC1C)NCC1CCN(C(=O)OC(C)(C)C)CC1. The molecule has 1 amide bonds. The van der Waals surface area contributed by atoms with Gasteiger partial charge in [-0.1, -0.05) is 6.42 Å². The lowest BCUT2D eigenvalue weighted by Gasteiger charge is -2.34. The number of nitrogens with zero attached hydrogens (tertiary/aromatic N) is 3. The topological polar surface area (TPSA) is 69.2 Å². The van der Waals surface area contributed by atoms with Gasteiger partial charge in [0.15, 0.2) is 5.96 Å². The highest BCUT2D eigenvalue weighted by atomic mass is 16.6. The van der Waals surface area contributed by atoms with E-state index in [0.717, 1.165) is 64.0 Å². The van der Waals surface area contributed by atoms with Crippen molar-refractivity contribution in [1.29, 1.82) is 0 Å². The lowest BCUT2D eigenvalue weighted by molar-refractivity contribution is 0.0185. The Balaban J connectivity index is 1.59. The number of guanidine groups is 1. The van der Waals surface area contributed by atoms with Gasteiger partial charge in [0.2, 0.25) is 0 Å². The lowest BCUT2D eigenvalue weighted by atomic mass is 9.97. The van der Waals surface area contributed by atoms with E-state index in [1.54, 1.807) is 0 Å². The fourth-order valence-corrected chi connectivity index (χ4v) is 4.09. The van der Waals surface area contributed by atoms with Gasteiger partial charge >= 0.3 is 6.09 Å². The van der Waals surface area contributed by atoms with E-state index >= 15 is 0 Å². The van der Waals surface area contributed by atoms with E-state index in [1.165, 1.54) is 25.8 Å². The molecule has 2 heterocycles. The molecule has 168 valence electrons. The minimum Gasteiger partial charge on any atom is -0.444 e. The molecule has 2 aliphatic rings. The summed E-state index contributed by atoms with van der Waals surface area (Å²) in [6.07, 6.45) is 7.00. The van der Waals surface area contributed by atoms with Crippen LogP contribution < -0.4 is 10.6 Å². The zero-order valence-electron chi connectivity index (χ0n) is 19.3. The molecule has 7 heteroatoms. The molecular weight excluding hydrogens is 366 g/mol. The van der Waals surface area contributed by atoms with Crippen molar-refractivity contribution >= 4 is 12.1 Å². The number of amides is 1. The lowest BCUT2D eigenvalue weighted by Crippen LogP contribution is -2.45. The van der Waals surface area contributed by atoms with Crippen LogP contribution in [0.15, 0.2) is 4.99 Å². The molecule has 2 saturated heterocycles. The van der Waals surface area contributed by atoms with Gasteiger partial charge in [0.25, 0.3) is 0 Å². The molecule has 0 bridgehead atoms. The average molecular weight is 410 g/mol. The van der Waals surface area contributed by atoms with E-state index in [0.29, 0.717) is 5.92 Å². The van der Waals surface area contributed by atoms with E-state index in [2.05, 4.69) is 27.4 Å². The molecule has 2 rings (SSSR count). The fraction of sp³-hybridized carbons (Fsp3) is 0.909. The van der Waals surface area contributed by atoms with Crippen molar-refractivity contribution in [2.75, 3.05) is 46.3 Å². The normalized spacial score (nSPS) is 22.4. The molecule has 1 atom stereocenters. The molecule has 1 unspecified atom stereocenters. The van der Waals surface area contributed by atoms with Gasteiger partial charge in [0.1, 0.15) is 5.60 Å². The van der Waals surface area contributed by atoms with Crippen molar-refractivity contribution in [3.8, 4) is 0 Å². The Morgan fingerprint density at radius 1 is 1.10 bits per heavy atom. The van der Waals surface area contributed by atoms with Crippen molar-refractivity contribution in [3.05, 3.63) is 0 Å². The maximum Gasteiger partial charge on any atom is 0.410 e. The maximum atomic E-state index is 12.2. The molecule has 0 aliphatic carbocycles. The molecule has 2 aliphatic heterocycles. The molecule has 0 aromatic rings.